The summed E-state index contributed by atoms with van der Waals surface area (Å²) in [5.74, 6) is -2.07. The van der Waals surface area contributed by atoms with Gasteiger partial charge in [0.1, 0.15) is 0 Å². The molecule has 1 aliphatic carbocycles. The van der Waals surface area contributed by atoms with Gasteiger partial charge in [0.15, 0.2) is 5.78 Å². The number of allylic oxidation sites excluding steroid dienone is 1. The van der Waals surface area contributed by atoms with Crippen LogP contribution in [0.3, 0.4) is 0 Å². The number of Topliss-reactive ketones (excluding diaryl/α,β-unsaturated/α-hetero) is 1. The van der Waals surface area contributed by atoms with Gasteiger partial charge in [-0.05, 0) is 52.0 Å². The third kappa shape index (κ3) is 3.62. The number of rotatable bonds is 6. The molecule has 0 spiro atoms. The average Bonchev–Trinajstić information content (AvgIpc) is 3.06. The number of carbonyl (C=O) groups excluding carboxylic acids is 4. The standard InChI is InChI=1S/C19H22N2O4S/c1-12-10-15(13(2)26-12)16(22)11-21-18(24)17(23)20(19(21)25)9-8-14-6-4-3-5-7-14/h6,10H,3-5,7-9,11H2,1-2H3. The Morgan fingerprint density at radius 3 is 2.46 bits per heavy atom. The Balaban J connectivity index is 1.67. The average molecular weight is 374 g/mol. The van der Waals surface area contributed by atoms with Gasteiger partial charge in [-0.2, -0.15) is 0 Å². The van der Waals surface area contributed by atoms with Gasteiger partial charge in [-0.3, -0.25) is 19.3 Å². The third-order valence-corrected chi connectivity index (χ3v) is 5.79. The summed E-state index contributed by atoms with van der Waals surface area (Å²) in [5, 5.41) is 0. The van der Waals surface area contributed by atoms with Gasteiger partial charge in [-0.15, -0.1) is 11.3 Å². The van der Waals surface area contributed by atoms with Crippen LogP contribution in [0.2, 0.25) is 0 Å². The monoisotopic (exact) mass is 374 g/mol. The summed E-state index contributed by atoms with van der Waals surface area (Å²) in [4.78, 5) is 52.9. The van der Waals surface area contributed by atoms with Gasteiger partial charge in [-0.25, -0.2) is 9.69 Å². The highest BCUT2D eigenvalue weighted by Crippen LogP contribution is 2.24. The fourth-order valence-corrected chi connectivity index (χ4v) is 4.35. The van der Waals surface area contributed by atoms with Crippen LogP contribution >= 0.6 is 11.3 Å². The van der Waals surface area contributed by atoms with Gasteiger partial charge in [0, 0.05) is 21.9 Å². The summed E-state index contributed by atoms with van der Waals surface area (Å²) in [5.41, 5.74) is 1.73. The number of aryl methyl sites for hydroxylation is 2. The number of hydrogen-bond acceptors (Lipinski definition) is 5. The lowest BCUT2D eigenvalue weighted by Crippen LogP contribution is -2.37. The lowest BCUT2D eigenvalue weighted by Gasteiger charge is -2.17. The first-order valence-corrected chi connectivity index (χ1v) is 9.65. The van der Waals surface area contributed by atoms with E-state index in [9.17, 15) is 19.2 Å². The van der Waals surface area contributed by atoms with E-state index in [1.807, 2.05) is 13.8 Å². The topological polar surface area (TPSA) is 74.8 Å². The number of nitrogens with zero attached hydrogens (tertiary/aromatic N) is 2. The minimum absolute atomic E-state index is 0.191. The number of amides is 4. The van der Waals surface area contributed by atoms with Crippen molar-refractivity contribution in [1.29, 1.82) is 0 Å². The van der Waals surface area contributed by atoms with Crippen LogP contribution in [0.15, 0.2) is 17.7 Å². The Morgan fingerprint density at radius 1 is 1.12 bits per heavy atom. The third-order valence-electron chi connectivity index (χ3n) is 4.82. The Kier molecular flexibility index (Phi) is 5.36. The Hall–Kier alpha value is -2.28. The second-order valence-electron chi connectivity index (χ2n) is 6.74. The summed E-state index contributed by atoms with van der Waals surface area (Å²) in [7, 11) is 0. The molecule has 0 saturated carbocycles. The van der Waals surface area contributed by atoms with Crippen LogP contribution in [-0.2, 0) is 9.59 Å². The molecule has 6 nitrogen and oxygen atoms in total. The minimum Gasteiger partial charge on any atom is -0.292 e. The van der Waals surface area contributed by atoms with E-state index < -0.39 is 17.8 Å². The van der Waals surface area contributed by atoms with Crippen molar-refractivity contribution in [2.24, 2.45) is 0 Å². The fraction of sp³-hybridized carbons (Fsp3) is 0.474. The van der Waals surface area contributed by atoms with E-state index in [0.717, 1.165) is 38.8 Å². The van der Waals surface area contributed by atoms with Crippen LogP contribution in [0.4, 0.5) is 4.79 Å². The van der Waals surface area contributed by atoms with E-state index in [1.54, 1.807) is 6.07 Å². The zero-order valence-electron chi connectivity index (χ0n) is 15.0. The van der Waals surface area contributed by atoms with Crippen LogP contribution < -0.4 is 0 Å². The van der Waals surface area contributed by atoms with Gasteiger partial charge in [-0.1, -0.05) is 11.6 Å². The number of hydrogen-bond donors (Lipinski definition) is 0. The van der Waals surface area contributed by atoms with E-state index in [2.05, 4.69) is 6.08 Å². The lowest BCUT2D eigenvalue weighted by molar-refractivity contribution is -0.143. The second-order valence-corrected chi connectivity index (χ2v) is 8.20. The van der Waals surface area contributed by atoms with Crippen LogP contribution in [0.25, 0.3) is 0 Å². The van der Waals surface area contributed by atoms with Crippen molar-refractivity contribution < 1.29 is 19.2 Å². The summed E-state index contributed by atoms with van der Waals surface area (Å²) in [6, 6.07) is 1.07. The van der Waals surface area contributed by atoms with Crippen molar-refractivity contribution in [3.8, 4) is 0 Å². The van der Waals surface area contributed by atoms with Crippen molar-refractivity contribution >= 4 is 35.0 Å². The number of thiophene rings is 1. The predicted octanol–water partition coefficient (Wildman–Crippen LogP) is 3.23. The molecule has 0 radical (unpaired) electrons. The minimum atomic E-state index is -0.912. The lowest BCUT2D eigenvalue weighted by atomic mass is 9.97. The molecule has 138 valence electrons. The summed E-state index contributed by atoms with van der Waals surface area (Å²) in [6.07, 6.45) is 7.03. The molecular formula is C19H22N2O4S. The normalized spacial score (nSPS) is 17.9. The molecule has 0 bridgehead atoms. The molecule has 0 N–H and O–H groups in total. The number of imide groups is 2. The highest BCUT2D eigenvalue weighted by atomic mass is 32.1. The second kappa shape index (κ2) is 7.53. The Labute approximate surface area is 156 Å². The molecule has 1 aliphatic heterocycles. The zero-order chi connectivity index (χ0) is 18.8. The van der Waals surface area contributed by atoms with Crippen LogP contribution in [0, 0.1) is 13.8 Å². The van der Waals surface area contributed by atoms with Crippen molar-refractivity contribution in [1.82, 2.24) is 9.80 Å². The van der Waals surface area contributed by atoms with Gasteiger partial charge < -0.3 is 0 Å². The summed E-state index contributed by atoms with van der Waals surface area (Å²) in [6.45, 7) is 3.52. The Bertz CT molecular complexity index is 808. The molecule has 2 aliphatic rings. The summed E-state index contributed by atoms with van der Waals surface area (Å²) >= 11 is 1.49. The highest BCUT2D eigenvalue weighted by Gasteiger charge is 2.45. The maximum absolute atomic E-state index is 12.5. The molecule has 26 heavy (non-hydrogen) atoms. The predicted molar refractivity (Wildman–Crippen MR) is 98.1 cm³/mol. The number of urea groups is 1. The van der Waals surface area contributed by atoms with Crippen molar-refractivity contribution in [2.75, 3.05) is 13.1 Å². The number of carbonyl (C=O) groups is 4. The molecule has 4 amide bonds. The van der Waals surface area contributed by atoms with E-state index in [-0.39, 0.29) is 18.9 Å². The van der Waals surface area contributed by atoms with E-state index >= 15 is 0 Å². The van der Waals surface area contributed by atoms with Gasteiger partial charge in [0.2, 0.25) is 0 Å². The number of ketones is 1. The van der Waals surface area contributed by atoms with Gasteiger partial charge in [0.05, 0.1) is 6.54 Å². The van der Waals surface area contributed by atoms with Crippen LogP contribution in [-0.4, -0.2) is 46.5 Å². The van der Waals surface area contributed by atoms with Crippen LogP contribution in [0.1, 0.15) is 52.2 Å². The largest absolute Gasteiger partial charge is 0.334 e. The molecule has 0 unspecified atom stereocenters. The van der Waals surface area contributed by atoms with E-state index in [1.165, 1.54) is 23.3 Å². The zero-order valence-corrected chi connectivity index (χ0v) is 15.9. The van der Waals surface area contributed by atoms with Crippen molar-refractivity contribution in [3.63, 3.8) is 0 Å². The van der Waals surface area contributed by atoms with Gasteiger partial charge in [0.25, 0.3) is 0 Å². The Morgan fingerprint density at radius 2 is 1.85 bits per heavy atom. The molecule has 1 aromatic heterocycles. The fourth-order valence-electron chi connectivity index (χ4n) is 3.41. The molecule has 1 aromatic rings. The SMILES string of the molecule is Cc1cc(C(=O)CN2C(=O)C(=O)N(CCC3=CCCCC3)C2=O)c(C)s1. The molecule has 2 heterocycles. The molecule has 3 rings (SSSR count). The quantitative estimate of drug-likeness (QED) is 0.332. The molecule has 0 aromatic carbocycles. The molecule has 0 atom stereocenters. The smallest absolute Gasteiger partial charge is 0.292 e. The van der Waals surface area contributed by atoms with Crippen molar-refractivity contribution in [3.05, 3.63) is 33.0 Å². The summed E-state index contributed by atoms with van der Waals surface area (Å²) < 4.78 is 0. The van der Waals surface area contributed by atoms with Crippen LogP contribution in [0.5, 0.6) is 0 Å². The highest BCUT2D eigenvalue weighted by molar-refractivity contribution is 7.12. The van der Waals surface area contributed by atoms with Crippen molar-refractivity contribution in [2.45, 2.75) is 46.0 Å². The maximum Gasteiger partial charge on any atom is 0.334 e. The van der Waals surface area contributed by atoms with E-state index in [0.29, 0.717) is 12.0 Å². The molecule has 1 fully saturated rings. The molecular weight excluding hydrogens is 352 g/mol. The first-order chi connectivity index (χ1) is 12.4. The first kappa shape index (κ1) is 18.5. The van der Waals surface area contributed by atoms with E-state index in [4.69, 9.17) is 0 Å². The van der Waals surface area contributed by atoms with Gasteiger partial charge >= 0.3 is 17.8 Å². The first-order valence-electron chi connectivity index (χ1n) is 8.84. The molecule has 1 saturated heterocycles. The molecule has 7 heteroatoms. The maximum atomic E-state index is 12.5.